The smallest absolute Gasteiger partial charge is 0.308 e. The summed E-state index contributed by atoms with van der Waals surface area (Å²) in [5.41, 5.74) is 0.681. The van der Waals surface area contributed by atoms with Crippen molar-refractivity contribution in [1.29, 1.82) is 0 Å². The Morgan fingerprint density at radius 2 is 2.00 bits per heavy atom. The van der Waals surface area contributed by atoms with Gasteiger partial charge in [-0.25, -0.2) is 0 Å². The first kappa shape index (κ1) is 16.0. The molecule has 0 heterocycles. The molecule has 1 rings (SSSR count). The minimum atomic E-state index is -0.466. The van der Waals surface area contributed by atoms with E-state index in [0.29, 0.717) is 17.0 Å². The van der Waals surface area contributed by atoms with Gasteiger partial charge in [-0.05, 0) is 6.26 Å². The molecule has 1 aromatic rings. The highest BCUT2D eigenvalue weighted by atomic mass is 32.2. The zero-order chi connectivity index (χ0) is 15.0. The molecule has 0 spiro atoms. The summed E-state index contributed by atoms with van der Waals surface area (Å²) in [6.07, 6.45) is 3.35. The highest BCUT2D eigenvalue weighted by Crippen LogP contribution is 2.27. The summed E-state index contributed by atoms with van der Waals surface area (Å²) in [5, 5.41) is 2.68. The third kappa shape index (κ3) is 4.59. The van der Waals surface area contributed by atoms with Crippen LogP contribution in [0.3, 0.4) is 0 Å². The Bertz CT molecular complexity index is 523. The van der Waals surface area contributed by atoms with E-state index in [4.69, 9.17) is 4.74 Å². The second-order valence-corrected chi connectivity index (χ2v) is 4.64. The number of nitrogens with one attached hydrogen (secondary N) is 1. The second kappa shape index (κ2) is 8.22. The first-order valence-electron chi connectivity index (χ1n) is 6.01. The molecule has 0 aromatic heterocycles. The van der Waals surface area contributed by atoms with Crippen LogP contribution in [0.1, 0.15) is 12.5 Å². The van der Waals surface area contributed by atoms with Crippen molar-refractivity contribution >= 4 is 29.4 Å². The SMILES string of the molecule is C=CCNC(=O)/C(SC)=C(\OC(C)=O)c1ccccc1. The molecule has 0 radical (unpaired) electrons. The van der Waals surface area contributed by atoms with E-state index in [1.165, 1.54) is 18.7 Å². The van der Waals surface area contributed by atoms with Crippen LogP contribution in [-0.4, -0.2) is 24.7 Å². The molecule has 0 unspecified atom stereocenters. The Labute approximate surface area is 122 Å². The van der Waals surface area contributed by atoms with Crippen LogP contribution in [0.25, 0.3) is 5.76 Å². The molecule has 0 atom stereocenters. The Hall–Kier alpha value is -2.01. The fourth-order valence-corrected chi connectivity index (χ4v) is 2.11. The number of hydrogen-bond donors (Lipinski definition) is 1. The fourth-order valence-electron chi connectivity index (χ4n) is 1.50. The number of rotatable bonds is 6. The van der Waals surface area contributed by atoms with Gasteiger partial charge in [0.2, 0.25) is 0 Å². The highest BCUT2D eigenvalue weighted by molar-refractivity contribution is 8.03. The van der Waals surface area contributed by atoms with E-state index in [0.717, 1.165) is 0 Å². The molecule has 1 amide bonds. The van der Waals surface area contributed by atoms with Crippen molar-refractivity contribution in [2.45, 2.75) is 6.92 Å². The van der Waals surface area contributed by atoms with Crippen molar-refractivity contribution in [3.05, 3.63) is 53.5 Å². The van der Waals surface area contributed by atoms with E-state index in [9.17, 15) is 9.59 Å². The normalized spacial score (nSPS) is 11.3. The van der Waals surface area contributed by atoms with Crippen LogP contribution in [0.15, 0.2) is 47.9 Å². The van der Waals surface area contributed by atoms with E-state index in [1.807, 2.05) is 18.2 Å². The maximum atomic E-state index is 12.1. The largest absolute Gasteiger partial charge is 0.425 e. The molecule has 1 N–H and O–H groups in total. The summed E-state index contributed by atoms with van der Waals surface area (Å²) in [4.78, 5) is 23.7. The van der Waals surface area contributed by atoms with Gasteiger partial charge in [-0.15, -0.1) is 18.3 Å². The lowest BCUT2D eigenvalue weighted by Crippen LogP contribution is -2.25. The predicted octanol–water partition coefficient (Wildman–Crippen LogP) is 2.58. The molecule has 20 heavy (non-hydrogen) atoms. The Balaban J connectivity index is 3.22. The zero-order valence-corrected chi connectivity index (χ0v) is 12.3. The van der Waals surface area contributed by atoms with Crippen molar-refractivity contribution in [2.24, 2.45) is 0 Å². The van der Waals surface area contributed by atoms with Gasteiger partial charge in [-0.2, -0.15) is 0 Å². The topological polar surface area (TPSA) is 55.4 Å². The van der Waals surface area contributed by atoms with Crippen molar-refractivity contribution in [1.82, 2.24) is 5.32 Å². The van der Waals surface area contributed by atoms with Crippen LogP contribution < -0.4 is 5.32 Å². The maximum absolute atomic E-state index is 12.1. The van der Waals surface area contributed by atoms with Gasteiger partial charge in [-0.1, -0.05) is 36.4 Å². The zero-order valence-electron chi connectivity index (χ0n) is 11.5. The monoisotopic (exact) mass is 291 g/mol. The molecule has 106 valence electrons. The number of carbonyl (C=O) groups is 2. The average molecular weight is 291 g/mol. The van der Waals surface area contributed by atoms with E-state index in [2.05, 4.69) is 11.9 Å². The lowest BCUT2D eigenvalue weighted by atomic mass is 10.2. The number of carbonyl (C=O) groups excluding carboxylic acids is 2. The molecular formula is C15H17NO3S. The predicted molar refractivity (Wildman–Crippen MR) is 81.8 cm³/mol. The highest BCUT2D eigenvalue weighted by Gasteiger charge is 2.18. The minimum Gasteiger partial charge on any atom is -0.425 e. The van der Waals surface area contributed by atoms with Crippen LogP contribution in [0.2, 0.25) is 0 Å². The number of hydrogen-bond acceptors (Lipinski definition) is 4. The van der Waals surface area contributed by atoms with E-state index >= 15 is 0 Å². The summed E-state index contributed by atoms with van der Waals surface area (Å²) < 4.78 is 5.22. The van der Waals surface area contributed by atoms with Gasteiger partial charge >= 0.3 is 5.97 Å². The number of benzene rings is 1. The summed E-state index contributed by atoms with van der Waals surface area (Å²) in [6.45, 7) is 5.21. The molecule has 0 aliphatic heterocycles. The molecule has 0 saturated carbocycles. The lowest BCUT2D eigenvalue weighted by Gasteiger charge is -2.13. The van der Waals surface area contributed by atoms with E-state index in [1.54, 1.807) is 24.5 Å². The van der Waals surface area contributed by atoms with Crippen LogP contribution >= 0.6 is 11.8 Å². The standard InChI is InChI=1S/C15H17NO3S/c1-4-10-16-15(18)14(20-3)13(19-11(2)17)12-8-6-5-7-9-12/h4-9H,1,10H2,2-3H3,(H,16,18)/b14-13+. The molecule has 0 fully saturated rings. The van der Waals surface area contributed by atoms with E-state index in [-0.39, 0.29) is 11.7 Å². The van der Waals surface area contributed by atoms with Gasteiger partial charge in [0.05, 0.1) is 0 Å². The van der Waals surface area contributed by atoms with Crippen molar-refractivity contribution in [2.75, 3.05) is 12.8 Å². The molecule has 1 aromatic carbocycles. The second-order valence-electron chi connectivity index (χ2n) is 3.82. The van der Waals surface area contributed by atoms with Gasteiger partial charge in [0.15, 0.2) is 5.76 Å². The Morgan fingerprint density at radius 1 is 1.35 bits per heavy atom. The Morgan fingerprint density at radius 3 is 2.50 bits per heavy atom. The molecule has 4 nitrogen and oxygen atoms in total. The summed E-state index contributed by atoms with van der Waals surface area (Å²) in [6, 6.07) is 9.06. The molecule has 0 aliphatic carbocycles. The van der Waals surface area contributed by atoms with Gasteiger partial charge in [0.25, 0.3) is 5.91 Å². The van der Waals surface area contributed by atoms with Crippen LogP contribution in [0.4, 0.5) is 0 Å². The third-order valence-corrected chi connectivity index (χ3v) is 3.08. The first-order chi connectivity index (χ1) is 9.60. The van der Waals surface area contributed by atoms with Gasteiger partial charge in [0, 0.05) is 19.0 Å². The van der Waals surface area contributed by atoms with Crippen LogP contribution in [0, 0.1) is 0 Å². The number of esters is 1. The fraction of sp³-hybridized carbons (Fsp3) is 0.200. The minimum absolute atomic E-state index is 0.271. The molecule has 5 heteroatoms. The molecule has 0 bridgehead atoms. The summed E-state index contributed by atoms with van der Waals surface area (Å²) in [5.74, 6) is -0.489. The van der Waals surface area contributed by atoms with Gasteiger partial charge < -0.3 is 10.1 Å². The number of ether oxygens (including phenoxy) is 1. The Kier molecular flexibility index (Phi) is 6.59. The lowest BCUT2D eigenvalue weighted by molar-refractivity contribution is -0.134. The van der Waals surface area contributed by atoms with Crippen molar-refractivity contribution < 1.29 is 14.3 Å². The van der Waals surface area contributed by atoms with Crippen LogP contribution in [-0.2, 0) is 14.3 Å². The van der Waals surface area contributed by atoms with Crippen molar-refractivity contribution in [3.8, 4) is 0 Å². The van der Waals surface area contributed by atoms with Crippen LogP contribution in [0.5, 0.6) is 0 Å². The quantitative estimate of drug-likeness (QED) is 0.379. The van der Waals surface area contributed by atoms with Crippen molar-refractivity contribution in [3.63, 3.8) is 0 Å². The molecular weight excluding hydrogens is 274 g/mol. The van der Waals surface area contributed by atoms with E-state index < -0.39 is 5.97 Å². The summed E-state index contributed by atoms with van der Waals surface area (Å²) in [7, 11) is 0. The third-order valence-electron chi connectivity index (χ3n) is 2.31. The number of amides is 1. The number of thioether (sulfide) groups is 1. The maximum Gasteiger partial charge on any atom is 0.308 e. The summed E-state index contributed by atoms with van der Waals surface area (Å²) >= 11 is 1.23. The molecule has 0 aliphatic rings. The average Bonchev–Trinajstić information content (AvgIpc) is 2.45. The van der Waals surface area contributed by atoms with Gasteiger partial charge in [-0.3, -0.25) is 9.59 Å². The van der Waals surface area contributed by atoms with Gasteiger partial charge in [0.1, 0.15) is 4.91 Å². The first-order valence-corrected chi connectivity index (χ1v) is 7.23. The molecule has 0 saturated heterocycles.